The molecule has 0 aliphatic carbocycles. The van der Waals surface area contributed by atoms with Crippen LogP contribution in [0.5, 0.6) is 5.75 Å². The van der Waals surface area contributed by atoms with Crippen molar-refractivity contribution in [1.29, 1.82) is 0 Å². The number of ether oxygens (including phenoxy) is 3. The predicted molar refractivity (Wildman–Crippen MR) is 284 cm³/mol. The number of carbonyl (C=O) groups excluding carboxylic acids is 3. The molecule has 70 heavy (non-hydrogen) atoms. The molecule has 0 amide bonds. The maximum atomic E-state index is 13.0. The minimum absolute atomic E-state index is 0.230. The summed E-state index contributed by atoms with van der Waals surface area (Å²) < 4.78 is 17.3. The Morgan fingerprint density at radius 1 is 0.486 bits per heavy atom. The van der Waals surface area contributed by atoms with Crippen molar-refractivity contribution in [1.82, 2.24) is 0 Å². The van der Waals surface area contributed by atoms with Crippen molar-refractivity contribution in [3.8, 4) is 16.9 Å². The van der Waals surface area contributed by atoms with Crippen LogP contribution in [0.2, 0.25) is 0 Å². The summed E-state index contributed by atoms with van der Waals surface area (Å²) in [6.07, 6.45) is 5.01. The molecule has 0 spiro atoms. The van der Waals surface area contributed by atoms with Crippen LogP contribution in [-0.2, 0) is 19.1 Å². The highest BCUT2D eigenvalue weighted by atomic mass is 16.5. The van der Waals surface area contributed by atoms with Gasteiger partial charge in [-0.2, -0.15) is 0 Å². The summed E-state index contributed by atoms with van der Waals surface area (Å²) in [4.78, 5) is 43.6. The Hall–Kier alpha value is -7.65. The van der Waals surface area contributed by atoms with E-state index in [0.29, 0.717) is 38.0 Å². The Labute approximate surface area is 414 Å². The van der Waals surface area contributed by atoms with Gasteiger partial charge in [-0.05, 0) is 159 Å². The topological polar surface area (TPSA) is 88.6 Å². The number of hydrogen-bond donors (Lipinski definition) is 0. The molecule has 2 atom stereocenters. The van der Waals surface area contributed by atoms with Crippen molar-refractivity contribution in [2.24, 2.45) is 11.8 Å². The molecule has 0 bridgehead atoms. The van der Waals surface area contributed by atoms with Gasteiger partial charge in [0, 0.05) is 64.9 Å². The first-order valence-electron chi connectivity index (χ1n) is 24.7. The number of hydrogen-bond acceptors (Lipinski definition) is 9. The van der Waals surface area contributed by atoms with E-state index in [2.05, 4.69) is 143 Å². The lowest BCUT2D eigenvalue weighted by atomic mass is 9.94. The summed E-state index contributed by atoms with van der Waals surface area (Å²) in [6.45, 7) is 8.59. The van der Waals surface area contributed by atoms with Gasteiger partial charge in [0.2, 0.25) is 0 Å². The van der Waals surface area contributed by atoms with E-state index < -0.39 is 5.92 Å². The van der Waals surface area contributed by atoms with Gasteiger partial charge in [0.15, 0.2) is 0 Å². The average Bonchev–Trinajstić information content (AvgIpc) is 3.41. The van der Waals surface area contributed by atoms with Crippen molar-refractivity contribution < 1.29 is 28.6 Å². The van der Waals surface area contributed by atoms with E-state index in [1.165, 1.54) is 0 Å². The second-order valence-electron chi connectivity index (χ2n) is 17.4. The molecular weight excluding hydrogens is 871 g/mol. The third-order valence-electron chi connectivity index (χ3n) is 12.5. The third kappa shape index (κ3) is 14.0. The molecule has 2 unspecified atom stereocenters. The highest BCUT2D eigenvalue weighted by Crippen LogP contribution is 2.38. The van der Waals surface area contributed by atoms with Crippen molar-refractivity contribution in [2.75, 3.05) is 47.6 Å². The normalized spacial score (nSPS) is 11.8. The third-order valence-corrected chi connectivity index (χ3v) is 12.5. The van der Waals surface area contributed by atoms with Gasteiger partial charge in [-0.15, -0.1) is 0 Å². The van der Waals surface area contributed by atoms with E-state index in [1.54, 1.807) is 0 Å². The summed E-state index contributed by atoms with van der Waals surface area (Å²) in [7, 11) is 0. The van der Waals surface area contributed by atoms with Crippen LogP contribution in [0.3, 0.4) is 0 Å². The van der Waals surface area contributed by atoms with Crippen molar-refractivity contribution in [2.45, 2.75) is 59.3 Å². The highest BCUT2D eigenvalue weighted by Gasteiger charge is 2.25. The molecule has 7 aromatic rings. The minimum Gasteiger partial charge on any atom is -0.493 e. The van der Waals surface area contributed by atoms with Crippen LogP contribution in [0.15, 0.2) is 188 Å². The highest BCUT2D eigenvalue weighted by molar-refractivity contribution is 5.81. The number of nitrogens with zero attached hydrogens (tertiary/aromatic N) is 3. The molecule has 0 aromatic heterocycles. The molecule has 0 N–H and O–H groups in total. The monoisotopic (exact) mass is 935 g/mol. The second kappa shape index (κ2) is 26.2. The van der Waals surface area contributed by atoms with E-state index in [9.17, 15) is 14.4 Å². The van der Waals surface area contributed by atoms with E-state index >= 15 is 0 Å². The first-order chi connectivity index (χ1) is 34.3. The maximum Gasteiger partial charge on any atom is 0.308 e. The van der Waals surface area contributed by atoms with Crippen molar-refractivity contribution >= 4 is 58.0 Å². The molecule has 7 aromatic carbocycles. The van der Waals surface area contributed by atoms with E-state index in [0.717, 1.165) is 95.3 Å². The molecule has 0 saturated carbocycles. The SMILES string of the molecule is CCC(CC(C)C(=O)OCCCCCN(CC)c1ccc(C=O)cc1)C(=O)OCCCOc1ccc(N(c2ccccc2)c2ccc(-c3ccc(N(c4ccccc4)c4ccccc4)cc3)cc2)cc1. The van der Waals surface area contributed by atoms with Gasteiger partial charge < -0.3 is 28.9 Å². The lowest BCUT2D eigenvalue weighted by molar-refractivity contribution is -0.152. The van der Waals surface area contributed by atoms with Gasteiger partial charge in [-0.1, -0.05) is 92.7 Å². The molecule has 360 valence electrons. The Morgan fingerprint density at radius 3 is 1.40 bits per heavy atom. The lowest BCUT2D eigenvalue weighted by Crippen LogP contribution is -2.25. The number of carbonyl (C=O) groups is 3. The first-order valence-corrected chi connectivity index (χ1v) is 24.7. The fourth-order valence-electron chi connectivity index (χ4n) is 8.55. The van der Waals surface area contributed by atoms with E-state index in [1.807, 2.05) is 80.6 Å². The zero-order valence-corrected chi connectivity index (χ0v) is 40.7. The largest absolute Gasteiger partial charge is 0.493 e. The zero-order valence-electron chi connectivity index (χ0n) is 40.7. The summed E-state index contributed by atoms with van der Waals surface area (Å²) in [5, 5.41) is 0. The summed E-state index contributed by atoms with van der Waals surface area (Å²) in [6, 6.07) is 64.2. The van der Waals surface area contributed by atoms with Gasteiger partial charge in [0.05, 0.1) is 31.7 Å². The molecule has 0 fully saturated rings. The molecule has 0 saturated heterocycles. The van der Waals surface area contributed by atoms with Gasteiger partial charge in [-0.3, -0.25) is 14.4 Å². The van der Waals surface area contributed by atoms with Crippen LogP contribution in [0.1, 0.15) is 69.7 Å². The molecule has 0 aliphatic rings. The van der Waals surface area contributed by atoms with Crippen LogP contribution in [-0.4, -0.2) is 51.1 Å². The number of rotatable bonds is 26. The zero-order chi connectivity index (χ0) is 48.9. The summed E-state index contributed by atoms with van der Waals surface area (Å²) >= 11 is 0. The molecule has 7 rings (SSSR count). The van der Waals surface area contributed by atoms with Crippen LogP contribution >= 0.6 is 0 Å². The molecule has 9 heteroatoms. The smallest absolute Gasteiger partial charge is 0.308 e. The van der Waals surface area contributed by atoms with E-state index in [4.69, 9.17) is 14.2 Å². The first kappa shape index (κ1) is 50.2. The van der Waals surface area contributed by atoms with E-state index in [-0.39, 0.29) is 24.5 Å². The van der Waals surface area contributed by atoms with Gasteiger partial charge in [0.25, 0.3) is 0 Å². The second-order valence-corrected chi connectivity index (χ2v) is 17.4. The van der Waals surface area contributed by atoms with Crippen LogP contribution < -0.4 is 19.4 Å². The minimum atomic E-state index is -0.410. The quantitative estimate of drug-likeness (QED) is 0.0299. The summed E-state index contributed by atoms with van der Waals surface area (Å²) in [5.74, 6) is -0.650. The number of unbranched alkanes of at least 4 members (excludes halogenated alkanes) is 2. The Balaban J connectivity index is 0.851. The Morgan fingerprint density at radius 2 is 0.929 bits per heavy atom. The Bertz CT molecular complexity index is 2610. The number of anilines is 7. The number of para-hydroxylation sites is 3. The van der Waals surface area contributed by atoms with Crippen LogP contribution in [0.4, 0.5) is 39.8 Å². The average molecular weight is 936 g/mol. The van der Waals surface area contributed by atoms with Crippen LogP contribution in [0, 0.1) is 11.8 Å². The van der Waals surface area contributed by atoms with Crippen molar-refractivity contribution in [3.63, 3.8) is 0 Å². The number of benzene rings is 7. The molecule has 9 nitrogen and oxygen atoms in total. The molecule has 0 heterocycles. The molecular formula is C61H65N3O6. The van der Waals surface area contributed by atoms with Gasteiger partial charge in [0.1, 0.15) is 12.0 Å². The molecule has 0 aliphatic heterocycles. The van der Waals surface area contributed by atoms with Crippen LogP contribution in [0.25, 0.3) is 11.1 Å². The van der Waals surface area contributed by atoms with Crippen molar-refractivity contribution in [3.05, 3.63) is 194 Å². The Kier molecular flexibility index (Phi) is 18.8. The van der Waals surface area contributed by atoms with Gasteiger partial charge >= 0.3 is 11.9 Å². The fraction of sp³-hybridized carbons (Fsp3) is 0.262. The number of esters is 2. The maximum absolute atomic E-state index is 13.0. The predicted octanol–water partition coefficient (Wildman–Crippen LogP) is 14.7. The van der Waals surface area contributed by atoms with Gasteiger partial charge in [-0.25, -0.2) is 0 Å². The number of aldehydes is 1. The fourth-order valence-corrected chi connectivity index (χ4v) is 8.55. The lowest BCUT2D eigenvalue weighted by Gasteiger charge is -2.26. The standard InChI is InChI=1S/C61H65N3O6/c1-4-49(45-47(3)60(66)69-42-17-9-16-41-62(5-2)52-31-25-48(46-65)26-32-52)61(67)70-44-18-43-68-59-39-37-58(38-40-59)64(55-23-14-8-15-24-55)57-35-29-51(30-36-57)50-27-33-56(34-28-50)63(53-19-10-6-11-20-53)54-21-12-7-13-22-54/h6-8,10-15,19-40,46-47,49H,4-5,9,16-18,41-45H2,1-3H3. The molecule has 0 radical (unpaired) electrons. The summed E-state index contributed by atoms with van der Waals surface area (Å²) in [5.41, 5.74) is 10.4.